The Labute approximate surface area is 105 Å². The van der Waals surface area contributed by atoms with Crippen molar-refractivity contribution in [3.63, 3.8) is 0 Å². The van der Waals surface area contributed by atoms with E-state index in [2.05, 4.69) is 26.1 Å². The van der Waals surface area contributed by atoms with Crippen LogP contribution in [0.3, 0.4) is 0 Å². The first kappa shape index (κ1) is 14.5. The third-order valence-electron chi connectivity index (χ3n) is 4.52. The van der Waals surface area contributed by atoms with Gasteiger partial charge in [-0.15, -0.1) is 0 Å². The van der Waals surface area contributed by atoms with Crippen LogP contribution in [0.5, 0.6) is 0 Å². The van der Waals surface area contributed by atoms with E-state index in [9.17, 15) is 4.79 Å². The number of hydrogen-bond donors (Lipinski definition) is 2. The van der Waals surface area contributed by atoms with E-state index in [1.165, 1.54) is 32.1 Å². The summed E-state index contributed by atoms with van der Waals surface area (Å²) in [6.45, 7) is 7.63. The van der Waals surface area contributed by atoms with Gasteiger partial charge < -0.3 is 10.4 Å². The third kappa shape index (κ3) is 4.66. The molecule has 1 fully saturated rings. The highest BCUT2D eigenvalue weighted by Gasteiger charge is 2.31. The molecule has 0 unspecified atom stereocenters. The number of carbonyl (C=O) groups is 1. The average Bonchev–Trinajstić information content (AvgIpc) is 2.29. The van der Waals surface area contributed by atoms with E-state index < -0.39 is 5.97 Å². The Hall–Kier alpha value is -0.570. The van der Waals surface area contributed by atoms with Crippen molar-refractivity contribution in [3.05, 3.63) is 0 Å². The molecule has 3 heteroatoms. The molecule has 0 spiro atoms. The summed E-state index contributed by atoms with van der Waals surface area (Å²) in [6, 6.07) is 0.540. The second-order valence-electron chi connectivity index (χ2n) is 5.99. The largest absolute Gasteiger partial charge is 0.481 e. The number of rotatable bonds is 6. The lowest BCUT2D eigenvalue weighted by molar-refractivity contribution is -0.136. The fraction of sp³-hybridized carbons (Fsp3) is 0.929. The van der Waals surface area contributed by atoms with E-state index in [0.717, 1.165) is 5.92 Å². The molecule has 0 aromatic carbocycles. The maximum atomic E-state index is 10.4. The zero-order valence-electron chi connectivity index (χ0n) is 11.5. The van der Waals surface area contributed by atoms with E-state index >= 15 is 0 Å². The zero-order chi connectivity index (χ0) is 12.9. The molecule has 17 heavy (non-hydrogen) atoms. The van der Waals surface area contributed by atoms with E-state index in [1.54, 1.807) is 0 Å². The SMILES string of the molecule is CCC(C)(C)C1CCC(NCCC(=O)O)CC1. The van der Waals surface area contributed by atoms with Crippen molar-refractivity contribution in [1.29, 1.82) is 0 Å². The molecule has 1 rings (SSSR count). The summed E-state index contributed by atoms with van der Waals surface area (Å²) in [4.78, 5) is 10.4. The first-order chi connectivity index (χ1) is 7.95. The number of hydrogen-bond acceptors (Lipinski definition) is 2. The fourth-order valence-corrected chi connectivity index (χ4v) is 2.75. The molecular weight excluding hydrogens is 214 g/mol. The van der Waals surface area contributed by atoms with E-state index in [4.69, 9.17) is 5.11 Å². The van der Waals surface area contributed by atoms with E-state index in [1.807, 2.05) is 0 Å². The number of aliphatic carboxylic acids is 1. The van der Waals surface area contributed by atoms with Gasteiger partial charge in [-0.3, -0.25) is 4.79 Å². The van der Waals surface area contributed by atoms with Crippen LogP contribution in [0.1, 0.15) is 59.3 Å². The molecule has 0 aromatic heterocycles. The van der Waals surface area contributed by atoms with Crippen LogP contribution in [0.25, 0.3) is 0 Å². The van der Waals surface area contributed by atoms with Gasteiger partial charge in [0.2, 0.25) is 0 Å². The number of nitrogens with one attached hydrogen (secondary N) is 1. The van der Waals surface area contributed by atoms with Crippen LogP contribution in [0.15, 0.2) is 0 Å². The molecule has 0 saturated heterocycles. The minimum absolute atomic E-state index is 0.236. The van der Waals surface area contributed by atoms with Crippen molar-refractivity contribution in [3.8, 4) is 0 Å². The summed E-state index contributed by atoms with van der Waals surface area (Å²) in [5, 5.41) is 11.9. The molecule has 0 bridgehead atoms. The van der Waals surface area contributed by atoms with Gasteiger partial charge in [0.25, 0.3) is 0 Å². The second-order valence-corrected chi connectivity index (χ2v) is 5.99. The second kappa shape index (κ2) is 6.39. The van der Waals surface area contributed by atoms with Crippen molar-refractivity contribution in [1.82, 2.24) is 5.32 Å². The first-order valence-corrected chi connectivity index (χ1v) is 6.91. The number of carboxylic acids is 1. The summed E-state index contributed by atoms with van der Waals surface area (Å²) >= 11 is 0. The molecule has 0 heterocycles. The molecule has 100 valence electrons. The molecule has 0 atom stereocenters. The molecule has 3 nitrogen and oxygen atoms in total. The van der Waals surface area contributed by atoms with E-state index in [-0.39, 0.29) is 6.42 Å². The van der Waals surface area contributed by atoms with Crippen molar-refractivity contribution in [2.75, 3.05) is 6.54 Å². The Morgan fingerprint density at radius 1 is 1.29 bits per heavy atom. The van der Waals surface area contributed by atoms with Gasteiger partial charge in [-0.25, -0.2) is 0 Å². The van der Waals surface area contributed by atoms with Gasteiger partial charge in [-0.1, -0.05) is 27.2 Å². The van der Waals surface area contributed by atoms with Gasteiger partial charge in [0.15, 0.2) is 0 Å². The Bertz CT molecular complexity index is 243. The van der Waals surface area contributed by atoms with Crippen LogP contribution >= 0.6 is 0 Å². The molecular formula is C14H27NO2. The van der Waals surface area contributed by atoms with Gasteiger partial charge in [0.1, 0.15) is 0 Å². The lowest BCUT2D eigenvalue weighted by atomic mass is 9.69. The predicted molar refractivity (Wildman–Crippen MR) is 70.1 cm³/mol. The Morgan fingerprint density at radius 2 is 1.88 bits per heavy atom. The summed E-state index contributed by atoms with van der Waals surface area (Å²) in [7, 11) is 0. The summed E-state index contributed by atoms with van der Waals surface area (Å²) in [5.74, 6) is 0.128. The van der Waals surface area contributed by atoms with Crippen LogP contribution < -0.4 is 5.32 Å². The fourth-order valence-electron chi connectivity index (χ4n) is 2.75. The summed E-state index contributed by atoms with van der Waals surface area (Å²) in [5.41, 5.74) is 0.464. The maximum Gasteiger partial charge on any atom is 0.304 e. The third-order valence-corrected chi connectivity index (χ3v) is 4.52. The van der Waals surface area contributed by atoms with E-state index in [0.29, 0.717) is 18.0 Å². The molecule has 1 aliphatic rings. The van der Waals surface area contributed by atoms with Crippen molar-refractivity contribution < 1.29 is 9.90 Å². The van der Waals surface area contributed by atoms with Crippen LogP contribution in [0.4, 0.5) is 0 Å². The lowest BCUT2D eigenvalue weighted by Gasteiger charge is -2.39. The molecule has 1 aliphatic carbocycles. The topological polar surface area (TPSA) is 49.3 Å². The van der Waals surface area contributed by atoms with Gasteiger partial charge in [-0.05, 0) is 37.0 Å². The van der Waals surface area contributed by atoms with Crippen molar-refractivity contribution >= 4 is 5.97 Å². The number of carboxylic acid groups (broad SMARTS) is 1. The predicted octanol–water partition coefficient (Wildman–Crippen LogP) is 3.05. The van der Waals surface area contributed by atoms with Crippen molar-refractivity contribution in [2.45, 2.75) is 65.3 Å². The van der Waals surface area contributed by atoms with Gasteiger partial charge >= 0.3 is 5.97 Å². The van der Waals surface area contributed by atoms with Gasteiger partial charge in [-0.2, -0.15) is 0 Å². The summed E-state index contributed by atoms with van der Waals surface area (Å²) < 4.78 is 0. The first-order valence-electron chi connectivity index (χ1n) is 6.91. The average molecular weight is 241 g/mol. The maximum absolute atomic E-state index is 10.4. The quantitative estimate of drug-likeness (QED) is 0.751. The molecule has 0 aliphatic heterocycles. The van der Waals surface area contributed by atoms with Crippen LogP contribution in [0, 0.1) is 11.3 Å². The molecule has 1 saturated carbocycles. The minimum atomic E-state index is -0.710. The van der Waals surface area contributed by atoms with Gasteiger partial charge in [0.05, 0.1) is 6.42 Å². The highest BCUT2D eigenvalue weighted by molar-refractivity contribution is 5.66. The van der Waals surface area contributed by atoms with Gasteiger partial charge in [0, 0.05) is 12.6 Å². The van der Waals surface area contributed by atoms with Crippen molar-refractivity contribution in [2.24, 2.45) is 11.3 Å². The monoisotopic (exact) mass is 241 g/mol. The van der Waals surface area contributed by atoms with Crippen LogP contribution in [-0.2, 0) is 4.79 Å². The Morgan fingerprint density at radius 3 is 2.35 bits per heavy atom. The normalized spacial score (nSPS) is 25.8. The zero-order valence-corrected chi connectivity index (χ0v) is 11.5. The minimum Gasteiger partial charge on any atom is -0.481 e. The molecule has 0 aromatic rings. The molecule has 2 N–H and O–H groups in total. The standard InChI is InChI=1S/C14H27NO2/c1-4-14(2,3)11-5-7-12(8-6-11)15-10-9-13(16)17/h11-12,15H,4-10H2,1-3H3,(H,16,17). The molecule has 0 amide bonds. The Kier molecular flexibility index (Phi) is 5.44. The Balaban J connectivity index is 2.24. The summed E-state index contributed by atoms with van der Waals surface area (Å²) in [6.07, 6.45) is 6.45. The highest BCUT2D eigenvalue weighted by atomic mass is 16.4. The lowest BCUT2D eigenvalue weighted by Crippen LogP contribution is -2.37. The van der Waals surface area contributed by atoms with Crippen LogP contribution in [0.2, 0.25) is 0 Å². The smallest absolute Gasteiger partial charge is 0.304 e. The molecule has 0 radical (unpaired) electrons. The van der Waals surface area contributed by atoms with Crippen LogP contribution in [-0.4, -0.2) is 23.7 Å². The highest BCUT2D eigenvalue weighted by Crippen LogP contribution is 2.40.